The molecule has 1 atom stereocenters. The first-order chi connectivity index (χ1) is 17.1. The van der Waals surface area contributed by atoms with Crippen molar-refractivity contribution in [1.82, 2.24) is 10.2 Å². The van der Waals surface area contributed by atoms with E-state index < -0.39 is 28.5 Å². The van der Waals surface area contributed by atoms with E-state index in [-0.39, 0.29) is 28.1 Å². The lowest BCUT2D eigenvalue weighted by Gasteiger charge is -2.32. The van der Waals surface area contributed by atoms with E-state index in [1.54, 1.807) is 43.3 Å². The maximum Gasteiger partial charge on any atom is 0.264 e. The van der Waals surface area contributed by atoms with Gasteiger partial charge < -0.3 is 10.2 Å². The molecule has 3 aromatic rings. The van der Waals surface area contributed by atoms with E-state index in [0.29, 0.717) is 6.42 Å². The molecule has 0 fully saturated rings. The second kappa shape index (κ2) is 12.1. The van der Waals surface area contributed by atoms with Gasteiger partial charge in [-0.25, -0.2) is 8.42 Å². The van der Waals surface area contributed by atoms with Crippen molar-refractivity contribution in [2.45, 2.75) is 31.2 Å². The number of carbonyl (C=O) groups excluding carboxylic acids is 2. The molecule has 0 spiro atoms. The molecule has 7 nitrogen and oxygen atoms in total. The summed E-state index contributed by atoms with van der Waals surface area (Å²) in [7, 11) is -2.64. The molecule has 36 heavy (non-hydrogen) atoms. The molecule has 0 saturated carbocycles. The standard InChI is InChI=1S/C27H30ClN3O4S/c1-20-13-15-23(16-14-20)36(34,35)31(25-12-8-7-11-24(25)28)19-26(32)30(21(2)27(33)29-3)18-17-22-9-5-4-6-10-22/h4-16,21H,17-19H2,1-3H3,(H,29,33)/t21-/m1/s1. The number of anilines is 1. The smallest absolute Gasteiger partial charge is 0.264 e. The molecule has 0 aromatic heterocycles. The molecule has 0 radical (unpaired) electrons. The van der Waals surface area contributed by atoms with Crippen LogP contribution in [0, 0.1) is 6.92 Å². The first-order valence-corrected chi connectivity index (χ1v) is 13.4. The Hall–Kier alpha value is -3.36. The Kier molecular flexibility index (Phi) is 9.12. The van der Waals surface area contributed by atoms with E-state index >= 15 is 0 Å². The number of nitrogens with zero attached hydrogens (tertiary/aromatic N) is 2. The minimum Gasteiger partial charge on any atom is -0.357 e. The molecule has 9 heteroatoms. The quantitative estimate of drug-likeness (QED) is 0.431. The summed E-state index contributed by atoms with van der Waals surface area (Å²) in [4.78, 5) is 27.6. The number of likely N-dealkylation sites (N-methyl/N-ethyl adjacent to an activating group) is 1. The molecule has 0 saturated heterocycles. The van der Waals surface area contributed by atoms with Crippen molar-refractivity contribution < 1.29 is 18.0 Å². The fourth-order valence-electron chi connectivity index (χ4n) is 3.78. The zero-order valence-corrected chi connectivity index (χ0v) is 22.1. The summed E-state index contributed by atoms with van der Waals surface area (Å²) in [5.41, 5.74) is 2.08. The molecule has 0 aliphatic rings. The zero-order chi connectivity index (χ0) is 26.3. The highest BCUT2D eigenvalue weighted by Crippen LogP contribution is 2.30. The van der Waals surface area contributed by atoms with Gasteiger partial charge in [0.1, 0.15) is 12.6 Å². The molecule has 3 rings (SSSR count). The van der Waals surface area contributed by atoms with E-state index in [9.17, 15) is 18.0 Å². The number of sulfonamides is 1. The summed E-state index contributed by atoms with van der Waals surface area (Å²) in [6.07, 6.45) is 0.505. The second-order valence-electron chi connectivity index (χ2n) is 8.39. The van der Waals surface area contributed by atoms with Crippen LogP contribution in [0.25, 0.3) is 0 Å². The monoisotopic (exact) mass is 527 g/mol. The maximum absolute atomic E-state index is 13.7. The first-order valence-electron chi connectivity index (χ1n) is 11.5. The molecule has 0 aliphatic carbocycles. The number of aryl methyl sites for hydroxylation is 1. The zero-order valence-electron chi connectivity index (χ0n) is 20.5. The molecule has 190 valence electrons. The molecule has 2 amide bonds. The Bertz CT molecular complexity index is 1300. The van der Waals surface area contributed by atoms with Gasteiger partial charge in [0.05, 0.1) is 15.6 Å². The van der Waals surface area contributed by atoms with Gasteiger partial charge in [0.2, 0.25) is 11.8 Å². The van der Waals surface area contributed by atoms with Crippen LogP contribution < -0.4 is 9.62 Å². The minimum absolute atomic E-state index is 0.0380. The summed E-state index contributed by atoms with van der Waals surface area (Å²) < 4.78 is 28.4. The molecule has 0 unspecified atom stereocenters. The molecule has 1 N–H and O–H groups in total. The van der Waals surface area contributed by atoms with Crippen molar-refractivity contribution in [3.63, 3.8) is 0 Å². The van der Waals surface area contributed by atoms with Crippen LogP contribution >= 0.6 is 11.6 Å². The van der Waals surface area contributed by atoms with Crippen LogP contribution in [-0.2, 0) is 26.0 Å². The third kappa shape index (κ3) is 6.44. The summed E-state index contributed by atoms with van der Waals surface area (Å²) in [5, 5.41) is 2.76. The number of hydrogen-bond donors (Lipinski definition) is 1. The maximum atomic E-state index is 13.7. The Morgan fingerprint density at radius 3 is 2.17 bits per heavy atom. The van der Waals surface area contributed by atoms with E-state index in [1.807, 2.05) is 37.3 Å². The SMILES string of the molecule is CNC(=O)[C@@H](C)N(CCc1ccccc1)C(=O)CN(c1ccccc1Cl)S(=O)(=O)c1ccc(C)cc1. The van der Waals surface area contributed by atoms with Gasteiger partial charge in [0.15, 0.2) is 0 Å². The molecule has 0 bridgehead atoms. The predicted octanol–water partition coefficient (Wildman–Crippen LogP) is 4.05. The molecule has 0 aliphatic heterocycles. The number of amides is 2. The summed E-state index contributed by atoms with van der Waals surface area (Å²) in [6, 6.07) is 21.6. The highest BCUT2D eigenvalue weighted by molar-refractivity contribution is 7.92. The van der Waals surface area contributed by atoms with Crippen LogP contribution in [0.15, 0.2) is 83.8 Å². The predicted molar refractivity (Wildman–Crippen MR) is 143 cm³/mol. The topological polar surface area (TPSA) is 86.8 Å². The van der Waals surface area contributed by atoms with E-state index in [4.69, 9.17) is 11.6 Å². The highest BCUT2D eigenvalue weighted by atomic mass is 35.5. The van der Waals surface area contributed by atoms with Crippen molar-refractivity contribution >= 4 is 39.1 Å². The van der Waals surface area contributed by atoms with Crippen molar-refractivity contribution in [2.75, 3.05) is 24.4 Å². The molecular formula is C27H30ClN3O4S. The number of nitrogens with one attached hydrogen (secondary N) is 1. The van der Waals surface area contributed by atoms with E-state index in [0.717, 1.165) is 15.4 Å². The number of para-hydroxylation sites is 1. The highest BCUT2D eigenvalue weighted by Gasteiger charge is 2.32. The van der Waals surface area contributed by atoms with Crippen LogP contribution in [0.2, 0.25) is 5.02 Å². The molecule has 0 heterocycles. The van der Waals surface area contributed by atoms with Gasteiger partial charge in [-0.15, -0.1) is 0 Å². The van der Waals surface area contributed by atoms with Crippen molar-refractivity contribution in [3.8, 4) is 0 Å². The number of benzene rings is 3. The lowest BCUT2D eigenvalue weighted by molar-refractivity contribution is -0.138. The largest absolute Gasteiger partial charge is 0.357 e. The van der Waals surface area contributed by atoms with E-state index in [2.05, 4.69) is 5.32 Å². The van der Waals surface area contributed by atoms with Crippen LogP contribution in [0.1, 0.15) is 18.1 Å². The first kappa shape index (κ1) is 27.2. The summed E-state index contributed by atoms with van der Waals surface area (Å²) >= 11 is 6.38. The third-order valence-corrected chi connectivity index (χ3v) is 8.00. The second-order valence-corrected chi connectivity index (χ2v) is 10.7. The van der Waals surface area contributed by atoms with Gasteiger partial charge in [-0.2, -0.15) is 0 Å². The minimum atomic E-state index is -4.14. The number of rotatable bonds is 10. The van der Waals surface area contributed by atoms with Crippen LogP contribution in [-0.4, -0.2) is 51.3 Å². The third-order valence-electron chi connectivity index (χ3n) is 5.91. The van der Waals surface area contributed by atoms with Gasteiger partial charge >= 0.3 is 0 Å². The number of halogens is 1. The Morgan fingerprint density at radius 2 is 1.56 bits per heavy atom. The number of hydrogen-bond acceptors (Lipinski definition) is 4. The Balaban J connectivity index is 1.98. The fraction of sp³-hybridized carbons (Fsp3) is 0.259. The summed E-state index contributed by atoms with van der Waals surface area (Å²) in [6.45, 7) is 3.20. The Labute approximate surface area is 217 Å². The van der Waals surface area contributed by atoms with Gasteiger partial charge in [-0.1, -0.05) is 71.8 Å². The van der Waals surface area contributed by atoms with E-state index in [1.165, 1.54) is 24.1 Å². The lowest BCUT2D eigenvalue weighted by atomic mass is 10.1. The van der Waals surface area contributed by atoms with Gasteiger partial charge in [0, 0.05) is 13.6 Å². The lowest BCUT2D eigenvalue weighted by Crippen LogP contribution is -2.51. The number of carbonyl (C=O) groups is 2. The molecular weight excluding hydrogens is 498 g/mol. The molecule has 3 aromatic carbocycles. The van der Waals surface area contributed by atoms with Gasteiger partial charge in [0.25, 0.3) is 10.0 Å². The van der Waals surface area contributed by atoms with Crippen LogP contribution in [0.3, 0.4) is 0 Å². The van der Waals surface area contributed by atoms with Crippen LogP contribution in [0.5, 0.6) is 0 Å². The summed E-state index contributed by atoms with van der Waals surface area (Å²) in [5.74, 6) is -0.861. The van der Waals surface area contributed by atoms with Crippen molar-refractivity contribution in [2.24, 2.45) is 0 Å². The average Bonchev–Trinajstić information content (AvgIpc) is 2.88. The average molecular weight is 528 g/mol. The Morgan fingerprint density at radius 1 is 0.944 bits per heavy atom. The van der Waals surface area contributed by atoms with Gasteiger partial charge in [-0.3, -0.25) is 13.9 Å². The van der Waals surface area contributed by atoms with Crippen molar-refractivity contribution in [3.05, 3.63) is 95.0 Å². The van der Waals surface area contributed by atoms with Crippen LogP contribution in [0.4, 0.5) is 5.69 Å². The normalized spacial score (nSPS) is 12.0. The van der Waals surface area contributed by atoms with Crippen molar-refractivity contribution in [1.29, 1.82) is 0 Å². The fourth-order valence-corrected chi connectivity index (χ4v) is 5.50. The van der Waals surface area contributed by atoms with Gasteiger partial charge in [-0.05, 0) is 50.1 Å².